The first-order valence-electron chi connectivity index (χ1n) is 6.77. The summed E-state index contributed by atoms with van der Waals surface area (Å²) in [5, 5.41) is 0. The molecule has 2 heterocycles. The predicted molar refractivity (Wildman–Crippen MR) is 79.1 cm³/mol. The SMILES string of the molecule is CC1CC(=O)n2c(sc(=Cc3ccc(C(F)(F)F)cc3)c2=O)=N1. The average Bonchev–Trinajstić information content (AvgIpc) is 2.74. The molecule has 0 spiro atoms. The van der Waals surface area contributed by atoms with Crippen molar-refractivity contribution in [2.24, 2.45) is 4.99 Å². The first-order chi connectivity index (χ1) is 10.8. The molecule has 8 heteroatoms. The van der Waals surface area contributed by atoms with Crippen LogP contribution < -0.4 is 14.9 Å². The maximum Gasteiger partial charge on any atom is 0.416 e. The molecule has 0 bridgehead atoms. The van der Waals surface area contributed by atoms with Crippen molar-refractivity contribution >= 4 is 23.3 Å². The number of alkyl halides is 3. The third-order valence-corrected chi connectivity index (χ3v) is 4.38. The lowest BCUT2D eigenvalue weighted by atomic mass is 10.1. The number of aromatic nitrogens is 1. The smallest absolute Gasteiger partial charge is 0.274 e. The van der Waals surface area contributed by atoms with Gasteiger partial charge in [0.1, 0.15) is 0 Å². The molecule has 2 aromatic rings. The number of nitrogens with zero attached hydrogens (tertiary/aromatic N) is 2. The largest absolute Gasteiger partial charge is 0.416 e. The van der Waals surface area contributed by atoms with Crippen LogP contribution in [0, 0.1) is 0 Å². The highest BCUT2D eigenvalue weighted by molar-refractivity contribution is 7.07. The number of hydrogen-bond donors (Lipinski definition) is 0. The molecule has 1 aliphatic heterocycles. The molecule has 3 rings (SSSR count). The zero-order chi connectivity index (χ0) is 16.8. The fourth-order valence-electron chi connectivity index (χ4n) is 2.28. The van der Waals surface area contributed by atoms with Crippen LogP contribution in [0.2, 0.25) is 0 Å². The van der Waals surface area contributed by atoms with Crippen molar-refractivity contribution in [2.75, 3.05) is 0 Å². The van der Waals surface area contributed by atoms with Crippen molar-refractivity contribution in [1.82, 2.24) is 4.57 Å². The summed E-state index contributed by atoms with van der Waals surface area (Å²) in [6, 6.07) is 4.29. The van der Waals surface area contributed by atoms with E-state index in [2.05, 4.69) is 4.99 Å². The molecule has 0 fully saturated rings. The van der Waals surface area contributed by atoms with E-state index < -0.39 is 17.3 Å². The summed E-state index contributed by atoms with van der Waals surface area (Å²) in [5.74, 6) is -0.309. The van der Waals surface area contributed by atoms with Gasteiger partial charge in [-0.05, 0) is 30.7 Å². The van der Waals surface area contributed by atoms with E-state index in [1.807, 2.05) is 0 Å². The van der Waals surface area contributed by atoms with Crippen LogP contribution in [0.3, 0.4) is 0 Å². The van der Waals surface area contributed by atoms with Gasteiger partial charge in [-0.15, -0.1) is 0 Å². The van der Waals surface area contributed by atoms with E-state index in [1.165, 1.54) is 18.2 Å². The maximum absolute atomic E-state index is 12.5. The molecule has 0 saturated heterocycles. The molecule has 0 amide bonds. The zero-order valence-corrected chi connectivity index (χ0v) is 12.7. The van der Waals surface area contributed by atoms with Crippen LogP contribution in [0.5, 0.6) is 0 Å². The number of rotatable bonds is 1. The van der Waals surface area contributed by atoms with Gasteiger partial charge in [0.25, 0.3) is 5.56 Å². The predicted octanol–water partition coefficient (Wildman–Crippen LogP) is 1.81. The fourth-order valence-corrected chi connectivity index (χ4v) is 3.36. The first-order valence-corrected chi connectivity index (χ1v) is 7.59. The second-order valence-electron chi connectivity index (χ2n) is 5.23. The Morgan fingerprint density at radius 3 is 2.52 bits per heavy atom. The van der Waals surface area contributed by atoms with Gasteiger partial charge in [-0.25, -0.2) is 4.57 Å². The molecule has 0 aliphatic carbocycles. The molecule has 120 valence electrons. The Morgan fingerprint density at radius 2 is 1.91 bits per heavy atom. The third kappa shape index (κ3) is 2.98. The van der Waals surface area contributed by atoms with E-state index in [4.69, 9.17) is 0 Å². The Bertz CT molecular complexity index is 939. The highest BCUT2D eigenvalue weighted by Gasteiger charge is 2.29. The lowest BCUT2D eigenvalue weighted by molar-refractivity contribution is -0.137. The topological polar surface area (TPSA) is 51.4 Å². The molecule has 1 aromatic carbocycles. The summed E-state index contributed by atoms with van der Waals surface area (Å²) in [7, 11) is 0. The van der Waals surface area contributed by atoms with Crippen LogP contribution in [0.15, 0.2) is 34.1 Å². The number of hydrogen-bond acceptors (Lipinski definition) is 4. The molecule has 1 atom stereocenters. The number of carbonyl (C=O) groups excluding carboxylic acids is 1. The summed E-state index contributed by atoms with van der Waals surface area (Å²) >= 11 is 1.06. The summed E-state index contributed by atoms with van der Waals surface area (Å²) in [6.45, 7) is 1.78. The summed E-state index contributed by atoms with van der Waals surface area (Å²) in [5.41, 5.74) is -0.781. The normalized spacial score (nSPS) is 18.7. The molecule has 0 radical (unpaired) electrons. The third-order valence-electron chi connectivity index (χ3n) is 3.39. The van der Waals surface area contributed by atoms with Crippen molar-refractivity contribution in [1.29, 1.82) is 0 Å². The number of thiazole rings is 1. The van der Waals surface area contributed by atoms with Crippen LogP contribution in [-0.4, -0.2) is 16.5 Å². The molecule has 23 heavy (non-hydrogen) atoms. The van der Waals surface area contributed by atoms with E-state index in [0.29, 0.717) is 10.4 Å². The Morgan fingerprint density at radius 1 is 1.26 bits per heavy atom. The Kier molecular flexibility index (Phi) is 3.71. The minimum absolute atomic E-state index is 0.170. The molecule has 1 unspecified atom stereocenters. The van der Waals surface area contributed by atoms with Crippen molar-refractivity contribution in [3.63, 3.8) is 0 Å². The van der Waals surface area contributed by atoms with E-state index in [9.17, 15) is 22.8 Å². The number of halogens is 3. The Balaban J connectivity index is 2.09. The van der Waals surface area contributed by atoms with Gasteiger partial charge in [-0.3, -0.25) is 14.6 Å². The zero-order valence-electron chi connectivity index (χ0n) is 11.9. The standard InChI is InChI=1S/C15H11F3N2O2S/c1-8-6-12(21)20-13(22)11(23-14(20)19-8)7-9-2-4-10(5-3-9)15(16,17)18/h2-5,7-8H,6H2,1H3. The fraction of sp³-hybridized carbons (Fsp3) is 0.267. The first kappa shape index (κ1) is 15.7. The van der Waals surface area contributed by atoms with Crippen molar-refractivity contribution in [3.8, 4) is 0 Å². The maximum atomic E-state index is 12.5. The van der Waals surface area contributed by atoms with E-state index in [1.54, 1.807) is 6.92 Å². The van der Waals surface area contributed by atoms with E-state index in [0.717, 1.165) is 28.0 Å². The number of carbonyl (C=O) groups is 1. The van der Waals surface area contributed by atoms with Crippen molar-refractivity contribution in [3.05, 3.63) is 55.1 Å². The highest BCUT2D eigenvalue weighted by Crippen LogP contribution is 2.29. The van der Waals surface area contributed by atoms with Crippen molar-refractivity contribution in [2.45, 2.75) is 25.6 Å². The molecule has 0 saturated carbocycles. The summed E-state index contributed by atoms with van der Waals surface area (Å²) in [6.07, 6.45) is -2.77. The van der Waals surface area contributed by atoms with Crippen LogP contribution >= 0.6 is 11.3 Å². The minimum atomic E-state index is -4.40. The van der Waals surface area contributed by atoms with Crippen LogP contribution in [0.4, 0.5) is 13.2 Å². The van der Waals surface area contributed by atoms with Gasteiger partial charge >= 0.3 is 6.18 Å². The van der Waals surface area contributed by atoms with Crippen LogP contribution in [0.1, 0.15) is 29.3 Å². The van der Waals surface area contributed by atoms with Gasteiger partial charge in [-0.1, -0.05) is 23.5 Å². The lowest BCUT2D eigenvalue weighted by Gasteiger charge is -2.09. The summed E-state index contributed by atoms with van der Waals surface area (Å²) < 4.78 is 38.9. The van der Waals surface area contributed by atoms with Gasteiger partial charge < -0.3 is 0 Å². The van der Waals surface area contributed by atoms with E-state index in [-0.39, 0.29) is 22.9 Å². The van der Waals surface area contributed by atoms with Gasteiger partial charge in [-0.2, -0.15) is 13.2 Å². The van der Waals surface area contributed by atoms with Gasteiger partial charge in [0.2, 0.25) is 5.91 Å². The minimum Gasteiger partial charge on any atom is -0.274 e. The van der Waals surface area contributed by atoms with E-state index >= 15 is 0 Å². The number of benzene rings is 1. The highest BCUT2D eigenvalue weighted by atomic mass is 32.1. The molecule has 1 aliphatic rings. The second kappa shape index (κ2) is 5.45. The molecule has 0 N–H and O–H groups in total. The second-order valence-corrected chi connectivity index (χ2v) is 6.24. The van der Waals surface area contributed by atoms with Gasteiger partial charge in [0.05, 0.1) is 16.1 Å². The lowest BCUT2D eigenvalue weighted by Crippen LogP contribution is -2.40. The van der Waals surface area contributed by atoms with Crippen LogP contribution in [0.25, 0.3) is 6.08 Å². The Labute approximate surface area is 132 Å². The molecular formula is C15H11F3N2O2S. The van der Waals surface area contributed by atoms with Crippen molar-refractivity contribution < 1.29 is 18.0 Å². The van der Waals surface area contributed by atoms with Crippen LogP contribution in [-0.2, 0) is 6.18 Å². The summed E-state index contributed by atoms with van der Waals surface area (Å²) in [4.78, 5) is 28.7. The molecular weight excluding hydrogens is 329 g/mol. The average molecular weight is 340 g/mol. The monoisotopic (exact) mass is 340 g/mol. The molecule has 4 nitrogen and oxygen atoms in total. The number of fused-ring (bicyclic) bond motifs is 1. The van der Waals surface area contributed by atoms with Gasteiger partial charge in [0, 0.05) is 6.42 Å². The Hall–Kier alpha value is -2.22. The molecule has 1 aromatic heterocycles. The quantitative estimate of drug-likeness (QED) is 0.795. The van der Waals surface area contributed by atoms with Gasteiger partial charge in [0.15, 0.2) is 4.80 Å².